The zero-order chi connectivity index (χ0) is 15.5. The topological polar surface area (TPSA) is 24.5 Å². The minimum atomic E-state index is -0.179. The molecule has 0 spiro atoms. The van der Waals surface area contributed by atoms with Gasteiger partial charge >= 0.3 is 0 Å². The van der Waals surface area contributed by atoms with E-state index in [2.05, 4.69) is 24.2 Å². The van der Waals surface area contributed by atoms with E-state index in [0.29, 0.717) is 0 Å². The molecular weight excluding hydrogens is 267 g/mol. The molecule has 4 heteroatoms. The van der Waals surface area contributed by atoms with Crippen LogP contribution in [-0.4, -0.2) is 44.8 Å². The molecule has 0 saturated heterocycles. The fourth-order valence-corrected chi connectivity index (χ4v) is 2.23. The van der Waals surface area contributed by atoms with Crippen molar-refractivity contribution < 1.29 is 9.13 Å². The lowest BCUT2D eigenvalue weighted by molar-refractivity contribution is 0.121. The molecular formula is C17H29FN2O. The normalized spacial score (nSPS) is 12.8. The SMILES string of the molecule is CCCNC(CCN(C)CCOCC)c1ccc(F)cc1. The largest absolute Gasteiger partial charge is 0.380 e. The van der Waals surface area contributed by atoms with E-state index in [0.717, 1.165) is 51.3 Å². The first-order valence-corrected chi connectivity index (χ1v) is 7.92. The smallest absolute Gasteiger partial charge is 0.123 e. The van der Waals surface area contributed by atoms with E-state index in [4.69, 9.17) is 4.74 Å². The van der Waals surface area contributed by atoms with Gasteiger partial charge in [0.05, 0.1) is 6.61 Å². The van der Waals surface area contributed by atoms with Gasteiger partial charge in [0.2, 0.25) is 0 Å². The Morgan fingerprint density at radius 1 is 1.19 bits per heavy atom. The number of likely N-dealkylation sites (N-methyl/N-ethyl adjacent to an activating group) is 1. The van der Waals surface area contributed by atoms with Crippen LogP contribution in [0.4, 0.5) is 4.39 Å². The lowest BCUT2D eigenvalue weighted by atomic mass is 10.0. The second-order valence-electron chi connectivity index (χ2n) is 5.35. The van der Waals surface area contributed by atoms with Crippen LogP contribution in [0.1, 0.15) is 38.3 Å². The molecule has 0 aromatic heterocycles. The highest BCUT2D eigenvalue weighted by molar-refractivity contribution is 5.19. The monoisotopic (exact) mass is 296 g/mol. The summed E-state index contributed by atoms with van der Waals surface area (Å²) in [5.41, 5.74) is 1.16. The number of rotatable bonds is 11. The molecule has 1 aromatic rings. The highest BCUT2D eigenvalue weighted by Gasteiger charge is 2.11. The molecule has 0 aliphatic carbocycles. The summed E-state index contributed by atoms with van der Waals surface area (Å²) in [6.07, 6.45) is 2.10. The van der Waals surface area contributed by atoms with E-state index in [9.17, 15) is 4.39 Å². The number of nitrogens with zero attached hydrogens (tertiary/aromatic N) is 1. The Morgan fingerprint density at radius 2 is 1.90 bits per heavy atom. The molecule has 21 heavy (non-hydrogen) atoms. The number of ether oxygens (including phenoxy) is 1. The Balaban J connectivity index is 2.47. The van der Waals surface area contributed by atoms with Crippen molar-refractivity contribution >= 4 is 0 Å². The van der Waals surface area contributed by atoms with Gasteiger partial charge in [-0.25, -0.2) is 4.39 Å². The summed E-state index contributed by atoms with van der Waals surface area (Å²) in [5, 5.41) is 3.55. The Kier molecular flexibility index (Phi) is 9.22. The summed E-state index contributed by atoms with van der Waals surface area (Å²) in [6, 6.07) is 7.11. The summed E-state index contributed by atoms with van der Waals surface area (Å²) < 4.78 is 18.4. The third-order valence-corrected chi connectivity index (χ3v) is 3.53. The maximum atomic E-state index is 13.0. The van der Waals surface area contributed by atoms with Crippen LogP contribution >= 0.6 is 0 Å². The fourth-order valence-electron chi connectivity index (χ4n) is 2.23. The standard InChI is InChI=1S/C17H29FN2O/c1-4-11-19-17(15-6-8-16(18)9-7-15)10-12-20(3)13-14-21-5-2/h6-9,17,19H,4-5,10-14H2,1-3H3. The van der Waals surface area contributed by atoms with Crippen LogP contribution in [0.3, 0.4) is 0 Å². The first-order valence-electron chi connectivity index (χ1n) is 7.92. The molecule has 0 radical (unpaired) electrons. The van der Waals surface area contributed by atoms with Gasteiger partial charge in [0, 0.05) is 19.2 Å². The quantitative estimate of drug-likeness (QED) is 0.635. The molecule has 3 nitrogen and oxygen atoms in total. The molecule has 1 unspecified atom stereocenters. The molecule has 1 N–H and O–H groups in total. The Bertz CT molecular complexity index is 370. The van der Waals surface area contributed by atoms with Crippen LogP contribution in [-0.2, 0) is 4.74 Å². The van der Waals surface area contributed by atoms with Crippen LogP contribution in [0.2, 0.25) is 0 Å². The summed E-state index contributed by atoms with van der Waals surface area (Å²) in [5.74, 6) is -0.179. The van der Waals surface area contributed by atoms with Crippen molar-refractivity contribution in [2.75, 3.05) is 39.9 Å². The van der Waals surface area contributed by atoms with Crippen molar-refractivity contribution in [3.05, 3.63) is 35.6 Å². The molecule has 0 amide bonds. The van der Waals surface area contributed by atoms with Crippen molar-refractivity contribution in [1.29, 1.82) is 0 Å². The van der Waals surface area contributed by atoms with E-state index in [1.807, 2.05) is 19.1 Å². The van der Waals surface area contributed by atoms with Gasteiger partial charge in [-0.15, -0.1) is 0 Å². The highest BCUT2D eigenvalue weighted by Crippen LogP contribution is 2.17. The van der Waals surface area contributed by atoms with Crippen molar-refractivity contribution in [2.45, 2.75) is 32.7 Å². The summed E-state index contributed by atoms with van der Waals surface area (Å²) in [7, 11) is 2.11. The van der Waals surface area contributed by atoms with Crippen LogP contribution in [0.5, 0.6) is 0 Å². The predicted octanol–water partition coefficient (Wildman–Crippen LogP) is 3.22. The van der Waals surface area contributed by atoms with Crippen molar-refractivity contribution in [3.8, 4) is 0 Å². The van der Waals surface area contributed by atoms with Crippen molar-refractivity contribution in [1.82, 2.24) is 10.2 Å². The third-order valence-electron chi connectivity index (χ3n) is 3.53. The Morgan fingerprint density at radius 3 is 2.52 bits per heavy atom. The van der Waals surface area contributed by atoms with Crippen LogP contribution in [0.25, 0.3) is 0 Å². The number of halogens is 1. The fraction of sp³-hybridized carbons (Fsp3) is 0.647. The third kappa shape index (κ3) is 7.55. The number of hydrogen-bond donors (Lipinski definition) is 1. The zero-order valence-electron chi connectivity index (χ0n) is 13.6. The van der Waals surface area contributed by atoms with Crippen molar-refractivity contribution in [2.24, 2.45) is 0 Å². The second-order valence-corrected chi connectivity index (χ2v) is 5.35. The highest BCUT2D eigenvalue weighted by atomic mass is 19.1. The van der Waals surface area contributed by atoms with E-state index in [-0.39, 0.29) is 11.9 Å². The van der Waals surface area contributed by atoms with Gasteiger partial charge < -0.3 is 15.0 Å². The molecule has 0 saturated carbocycles. The first-order chi connectivity index (χ1) is 10.2. The maximum Gasteiger partial charge on any atom is 0.123 e. The summed E-state index contributed by atoms with van der Waals surface area (Å²) in [4.78, 5) is 2.28. The number of nitrogens with one attached hydrogen (secondary N) is 1. The maximum absolute atomic E-state index is 13.0. The molecule has 0 aliphatic heterocycles. The first kappa shape index (κ1) is 18.1. The molecule has 0 bridgehead atoms. The summed E-state index contributed by atoms with van der Waals surface area (Å²) >= 11 is 0. The molecule has 0 heterocycles. The lowest BCUT2D eigenvalue weighted by Crippen LogP contribution is -2.29. The van der Waals surface area contributed by atoms with Gasteiger partial charge in [0.1, 0.15) is 5.82 Å². The van der Waals surface area contributed by atoms with Gasteiger partial charge in [-0.3, -0.25) is 0 Å². The molecule has 1 atom stereocenters. The lowest BCUT2D eigenvalue weighted by Gasteiger charge is -2.23. The van der Waals surface area contributed by atoms with Gasteiger partial charge in [0.15, 0.2) is 0 Å². The molecule has 120 valence electrons. The Labute approximate surface area is 128 Å². The van der Waals surface area contributed by atoms with Gasteiger partial charge in [-0.1, -0.05) is 19.1 Å². The average Bonchev–Trinajstić information content (AvgIpc) is 2.49. The van der Waals surface area contributed by atoms with E-state index < -0.39 is 0 Å². The van der Waals surface area contributed by atoms with Crippen LogP contribution < -0.4 is 5.32 Å². The minimum absolute atomic E-state index is 0.179. The molecule has 1 rings (SSSR count). The van der Waals surface area contributed by atoms with E-state index in [1.54, 1.807) is 0 Å². The van der Waals surface area contributed by atoms with E-state index in [1.165, 1.54) is 12.1 Å². The minimum Gasteiger partial charge on any atom is -0.380 e. The second kappa shape index (κ2) is 10.7. The number of benzene rings is 1. The predicted molar refractivity (Wildman–Crippen MR) is 86.0 cm³/mol. The van der Waals surface area contributed by atoms with Crippen molar-refractivity contribution in [3.63, 3.8) is 0 Å². The molecule has 0 fully saturated rings. The van der Waals surface area contributed by atoms with Gasteiger partial charge in [0.25, 0.3) is 0 Å². The van der Waals surface area contributed by atoms with Crippen LogP contribution in [0.15, 0.2) is 24.3 Å². The molecule has 1 aromatic carbocycles. The van der Waals surface area contributed by atoms with E-state index >= 15 is 0 Å². The zero-order valence-corrected chi connectivity index (χ0v) is 13.6. The van der Waals surface area contributed by atoms with Gasteiger partial charge in [-0.05, 0) is 57.6 Å². The van der Waals surface area contributed by atoms with Crippen LogP contribution in [0, 0.1) is 5.82 Å². The Hall–Kier alpha value is -0.970. The average molecular weight is 296 g/mol. The molecule has 0 aliphatic rings. The van der Waals surface area contributed by atoms with Gasteiger partial charge in [-0.2, -0.15) is 0 Å². The summed E-state index contributed by atoms with van der Waals surface area (Å²) in [6.45, 7) is 8.62. The number of hydrogen-bond acceptors (Lipinski definition) is 3.